The maximum absolute atomic E-state index is 5.67. The van der Waals surface area contributed by atoms with Crippen molar-refractivity contribution in [1.82, 2.24) is 5.32 Å². The van der Waals surface area contributed by atoms with E-state index in [0.29, 0.717) is 0 Å². The lowest BCUT2D eigenvalue weighted by atomic mass is 9.98. The standard InChI is InChI=1S/C17H23NO/c1-4-7-14-8-6-9-15(12-14)16(18-5-2)17-13(3)10-11-19-17/h6,8-12,16,18H,4-5,7H2,1-3H3. The highest BCUT2D eigenvalue weighted by molar-refractivity contribution is 5.33. The van der Waals surface area contributed by atoms with Crippen LogP contribution in [0.25, 0.3) is 0 Å². The molecule has 0 aliphatic heterocycles. The van der Waals surface area contributed by atoms with Crippen molar-refractivity contribution in [3.8, 4) is 0 Å². The SMILES string of the molecule is CCCc1cccc(C(NCC)c2occc2C)c1. The molecule has 0 saturated carbocycles. The van der Waals surface area contributed by atoms with E-state index in [1.54, 1.807) is 6.26 Å². The number of aryl methyl sites for hydroxylation is 2. The van der Waals surface area contributed by atoms with Crippen LogP contribution in [0.5, 0.6) is 0 Å². The van der Waals surface area contributed by atoms with Gasteiger partial charge in [0.25, 0.3) is 0 Å². The van der Waals surface area contributed by atoms with Gasteiger partial charge in [0.1, 0.15) is 5.76 Å². The molecule has 0 fully saturated rings. The van der Waals surface area contributed by atoms with E-state index in [0.717, 1.165) is 18.7 Å². The van der Waals surface area contributed by atoms with Gasteiger partial charge in [0.05, 0.1) is 12.3 Å². The number of hydrogen-bond acceptors (Lipinski definition) is 2. The van der Waals surface area contributed by atoms with E-state index in [1.807, 2.05) is 6.07 Å². The van der Waals surface area contributed by atoms with Crippen LogP contribution in [0.1, 0.15) is 48.8 Å². The number of hydrogen-bond donors (Lipinski definition) is 1. The van der Waals surface area contributed by atoms with Crippen molar-refractivity contribution in [2.24, 2.45) is 0 Å². The van der Waals surface area contributed by atoms with E-state index >= 15 is 0 Å². The smallest absolute Gasteiger partial charge is 0.128 e. The van der Waals surface area contributed by atoms with Gasteiger partial charge in [-0.15, -0.1) is 0 Å². The maximum atomic E-state index is 5.67. The summed E-state index contributed by atoms with van der Waals surface area (Å²) in [6.07, 6.45) is 4.07. The summed E-state index contributed by atoms with van der Waals surface area (Å²) >= 11 is 0. The molecular formula is C17H23NO. The van der Waals surface area contributed by atoms with Crippen molar-refractivity contribution in [3.05, 3.63) is 59.0 Å². The molecule has 2 nitrogen and oxygen atoms in total. The molecule has 102 valence electrons. The quantitative estimate of drug-likeness (QED) is 0.837. The third-order valence-corrected chi connectivity index (χ3v) is 3.40. The van der Waals surface area contributed by atoms with E-state index in [4.69, 9.17) is 4.42 Å². The van der Waals surface area contributed by atoms with Crippen LogP contribution in [0.2, 0.25) is 0 Å². The van der Waals surface area contributed by atoms with Gasteiger partial charge in [0.15, 0.2) is 0 Å². The zero-order chi connectivity index (χ0) is 13.7. The van der Waals surface area contributed by atoms with Gasteiger partial charge < -0.3 is 9.73 Å². The van der Waals surface area contributed by atoms with Gasteiger partial charge in [0, 0.05) is 0 Å². The molecule has 2 heteroatoms. The zero-order valence-corrected chi connectivity index (χ0v) is 12.1. The van der Waals surface area contributed by atoms with Crippen LogP contribution in [0.4, 0.5) is 0 Å². The summed E-state index contributed by atoms with van der Waals surface area (Å²) < 4.78 is 5.67. The van der Waals surface area contributed by atoms with E-state index in [-0.39, 0.29) is 6.04 Å². The summed E-state index contributed by atoms with van der Waals surface area (Å²) in [5.74, 6) is 1.02. The zero-order valence-electron chi connectivity index (χ0n) is 12.1. The summed E-state index contributed by atoms with van der Waals surface area (Å²) in [6.45, 7) is 7.36. The minimum Gasteiger partial charge on any atom is -0.467 e. The Bertz CT molecular complexity index is 515. The summed E-state index contributed by atoms with van der Waals surface area (Å²) in [7, 11) is 0. The number of benzene rings is 1. The predicted octanol–water partition coefficient (Wildman–Crippen LogP) is 4.24. The molecule has 0 aliphatic carbocycles. The molecule has 2 rings (SSSR count). The Kier molecular flexibility index (Phi) is 4.80. The van der Waals surface area contributed by atoms with E-state index in [1.165, 1.54) is 23.1 Å². The Morgan fingerprint density at radius 3 is 2.68 bits per heavy atom. The second-order valence-corrected chi connectivity index (χ2v) is 4.95. The van der Waals surface area contributed by atoms with Gasteiger partial charge in [-0.1, -0.05) is 44.5 Å². The number of nitrogens with one attached hydrogen (secondary N) is 1. The van der Waals surface area contributed by atoms with Gasteiger partial charge in [-0.2, -0.15) is 0 Å². The van der Waals surface area contributed by atoms with Crippen molar-refractivity contribution in [1.29, 1.82) is 0 Å². The summed E-state index contributed by atoms with van der Waals surface area (Å²) in [6, 6.07) is 11.0. The van der Waals surface area contributed by atoms with Gasteiger partial charge in [-0.25, -0.2) is 0 Å². The fourth-order valence-electron chi connectivity index (χ4n) is 2.46. The minimum absolute atomic E-state index is 0.150. The predicted molar refractivity (Wildman–Crippen MR) is 79.4 cm³/mol. The Labute approximate surface area is 115 Å². The van der Waals surface area contributed by atoms with Crippen molar-refractivity contribution in [2.45, 2.75) is 39.7 Å². The highest BCUT2D eigenvalue weighted by Gasteiger charge is 2.18. The Hall–Kier alpha value is -1.54. The first-order chi connectivity index (χ1) is 9.26. The molecule has 19 heavy (non-hydrogen) atoms. The van der Waals surface area contributed by atoms with Crippen molar-refractivity contribution >= 4 is 0 Å². The highest BCUT2D eigenvalue weighted by atomic mass is 16.3. The van der Waals surface area contributed by atoms with Crippen molar-refractivity contribution < 1.29 is 4.42 Å². The van der Waals surface area contributed by atoms with Crippen LogP contribution in [0, 0.1) is 6.92 Å². The molecule has 0 saturated heterocycles. The number of furan rings is 1. The van der Waals surface area contributed by atoms with Crippen LogP contribution < -0.4 is 5.32 Å². The third-order valence-electron chi connectivity index (χ3n) is 3.40. The van der Waals surface area contributed by atoms with Crippen LogP contribution in [-0.4, -0.2) is 6.54 Å². The Morgan fingerprint density at radius 1 is 1.21 bits per heavy atom. The number of rotatable bonds is 6. The lowest BCUT2D eigenvalue weighted by molar-refractivity contribution is 0.449. The highest BCUT2D eigenvalue weighted by Crippen LogP contribution is 2.26. The Balaban J connectivity index is 2.33. The summed E-state index contributed by atoms with van der Waals surface area (Å²) in [4.78, 5) is 0. The fourth-order valence-corrected chi connectivity index (χ4v) is 2.46. The average Bonchev–Trinajstić information content (AvgIpc) is 2.83. The van der Waals surface area contributed by atoms with Crippen LogP contribution >= 0.6 is 0 Å². The molecule has 0 spiro atoms. The molecule has 0 bridgehead atoms. The second kappa shape index (κ2) is 6.58. The van der Waals surface area contributed by atoms with E-state index in [2.05, 4.69) is 50.4 Å². The molecule has 1 aromatic heterocycles. The molecule has 0 aliphatic rings. The van der Waals surface area contributed by atoms with Gasteiger partial charge >= 0.3 is 0 Å². The normalized spacial score (nSPS) is 12.6. The minimum atomic E-state index is 0.150. The maximum Gasteiger partial charge on any atom is 0.128 e. The molecule has 1 aromatic carbocycles. The summed E-state index contributed by atoms with van der Waals surface area (Å²) in [5, 5.41) is 3.52. The average molecular weight is 257 g/mol. The van der Waals surface area contributed by atoms with Crippen LogP contribution in [0.15, 0.2) is 41.0 Å². The molecule has 0 amide bonds. The monoisotopic (exact) mass is 257 g/mol. The lowest BCUT2D eigenvalue weighted by Crippen LogP contribution is -2.22. The second-order valence-electron chi connectivity index (χ2n) is 4.95. The molecule has 1 atom stereocenters. The topological polar surface area (TPSA) is 25.2 Å². The lowest BCUT2D eigenvalue weighted by Gasteiger charge is -2.18. The van der Waals surface area contributed by atoms with Crippen molar-refractivity contribution in [3.63, 3.8) is 0 Å². The Morgan fingerprint density at radius 2 is 2.05 bits per heavy atom. The molecule has 1 unspecified atom stereocenters. The molecule has 2 aromatic rings. The third kappa shape index (κ3) is 3.27. The van der Waals surface area contributed by atoms with Crippen LogP contribution in [-0.2, 0) is 6.42 Å². The van der Waals surface area contributed by atoms with Crippen molar-refractivity contribution in [2.75, 3.05) is 6.54 Å². The van der Waals surface area contributed by atoms with Gasteiger partial charge in [-0.3, -0.25) is 0 Å². The molecule has 1 heterocycles. The van der Waals surface area contributed by atoms with Gasteiger partial charge in [0.2, 0.25) is 0 Å². The largest absolute Gasteiger partial charge is 0.467 e. The first-order valence-corrected chi connectivity index (χ1v) is 7.12. The van der Waals surface area contributed by atoms with Crippen LogP contribution in [0.3, 0.4) is 0 Å². The first-order valence-electron chi connectivity index (χ1n) is 7.12. The molecule has 1 N–H and O–H groups in total. The van der Waals surface area contributed by atoms with Gasteiger partial charge in [-0.05, 0) is 42.6 Å². The first kappa shape index (κ1) is 13.9. The molecule has 0 radical (unpaired) electrons. The molecular weight excluding hydrogens is 234 g/mol. The van der Waals surface area contributed by atoms with E-state index in [9.17, 15) is 0 Å². The fraction of sp³-hybridized carbons (Fsp3) is 0.412. The van der Waals surface area contributed by atoms with E-state index < -0.39 is 0 Å². The summed E-state index contributed by atoms with van der Waals surface area (Å²) in [5.41, 5.74) is 3.88.